The standard InChI is InChI=1S/C27H26FN3O3/c1-17-12-18(2)21-14-20(26(32)29-24(21)13-17)16-31(15-19-8-4-7-11-25(19)34-3)27(33)30-23-10-6-5-9-22(23)28/h4-14H,15-16H2,1-3H3,(H,29,32)(H,30,33). The Labute approximate surface area is 197 Å². The molecule has 34 heavy (non-hydrogen) atoms. The van der Waals surface area contributed by atoms with Crippen LogP contribution in [0.25, 0.3) is 10.9 Å². The first-order valence-electron chi connectivity index (χ1n) is 10.9. The number of nitrogens with one attached hydrogen (secondary N) is 2. The van der Waals surface area contributed by atoms with Crippen LogP contribution in [0.15, 0.2) is 71.5 Å². The Morgan fingerprint density at radius 1 is 1.00 bits per heavy atom. The summed E-state index contributed by atoms with van der Waals surface area (Å²) < 4.78 is 19.6. The highest BCUT2D eigenvalue weighted by atomic mass is 19.1. The van der Waals surface area contributed by atoms with Crippen molar-refractivity contribution < 1.29 is 13.9 Å². The first-order chi connectivity index (χ1) is 16.4. The van der Waals surface area contributed by atoms with Gasteiger partial charge in [0.25, 0.3) is 5.56 Å². The van der Waals surface area contributed by atoms with Gasteiger partial charge in [-0.1, -0.05) is 36.4 Å². The largest absolute Gasteiger partial charge is 0.496 e. The fourth-order valence-electron chi connectivity index (χ4n) is 4.03. The molecule has 0 radical (unpaired) electrons. The van der Waals surface area contributed by atoms with Gasteiger partial charge in [-0.15, -0.1) is 0 Å². The van der Waals surface area contributed by atoms with Crippen LogP contribution < -0.4 is 15.6 Å². The van der Waals surface area contributed by atoms with Gasteiger partial charge in [0.05, 0.1) is 25.9 Å². The number of hydrogen-bond donors (Lipinski definition) is 2. The van der Waals surface area contributed by atoms with E-state index in [2.05, 4.69) is 10.3 Å². The van der Waals surface area contributed by atoms with Crippen molar-refractivity contribution in [2.24, 2.45) is 0 Å². The van der Waals surface area contributed by atoms with Crippen LogP contribution in [0.2, 0.25) is 0 Å². The minimum atomic E-state index is -0.539. The second-order valence-corrected chi connectivity index (χ2v) is 8.24. The van der Waals surface area contributed by atoms with Gasteiger partial charge in [0, 0.05) is 22.0 Å². The van der Waals surface area contributed by atoms with Gasteiger partial charge in [0.15, 0.2) is 0 Å². The molecule has 7 heteroatoms. The maximum atomic E-state index is 14.2. The van der Waals surface area contributed by atoms with Crippen molar-refractivity contribution in [3.63, 3.8) is 0 Å². The fraction of sp³-hybridized carbons (Fsp3) is 0.185. The number of benzene rings is 3. The fourth-order valence-corrected chi connectivity index (χ4v) is 4.03. The number of anilines is 1. The molecule has 0 bridgehead atoms. The number of amides is 2. The van der Waals surface area contributed by atoms with Crippen molar-refractivity contribution in [2.45, 2.75) is 26.9 Å². The van der Waals surface area contributed by atoms with Gasteiger partial charge in [-0.3, -0.25) is 4.79 Å². The summed E-state index contributed by atoms with van der Waals surface area (Å²) in [5.74, 6) is 0.0765. The molecule has 6 nitrogen and oxygen atoms in total. The Hall–Kier alpha value is -4.13. The van der Waals surface area contributed by atoms with Gasteiger partial charge in [0.1, 0.15) is 11.6 Å². The Bertz CT molecular complexity index is 1410. The molecule has 1 heterocycles. The van der Waals surface area contributed by atoms with E-state index in [9.17, 15) is 14.0 Å². The third kappa shape index (κ3) is 4.93. The number of carbonyl (C=O) groups excluding carboxylic acids is 1. The summed E-state index contributed by atoms with van der Waals surface area (Å²) in [6.07, 6.45) is 0. The quantitative estimate of drug-likeness (QED) is 0.398. The smallest absolute Gasteiger partial charge is 0.322 e. The molecule has 2 N–H and O–H groups in total. The third-order valence-corrected chi connectivity index (χ3v) is 5.71. The summed E-state index contributed by atoms with van der Waals surface area (Å²) in [5.41, 5.74) is 3.81. The van der Waals surface area contributed by atoms with Crippen LogP contribution in [0.4, 0.5) is 14.9 Å². The molecule has 2 amide bonds. The molecule has 0 unspecified atom stereocenters. The van der Waals surface area contributed by atoms with Crippen LogP contribution >= 0.6 is 0 Å². The van der Waals surface area contributed by atoms with E-state index in [1.54, 1.807) is 25.3 Å². The van der Waals surface area contributed by atoms with E-state index in [1.165, 1.54) is 17.0 Å². The lowest BCUT2D eigenvalue weighted by atomic mass is 10.0. The Balaban J connectivity index is 1.71. The minimum Gasteiger partial charge on any atom is -0.496 e. The van der Waals surface area contributed by atoms with Crippen LogP contribution in [0.1, 0.15) is 22.3 Å². The molecule has 3 aromatic carbocycles. The molecule has 4 rings (SSSR count). The van der Waals surface area contributed by atoms with Gasteiger partial charge in [0.2, 0.25) is 0 Å². The number of hydrogen-bond acceptors (Lipinski definition) is 3. The van der Waals surface area contributed by atoms with Crippen LogP contribution in [0.3, 0.4) is 0 Å². The number of nitrogens with zero attached hydrogens (tertiary/aromatic N) is 1. The average Bonchev–Trinajstić information content (AvgIpc) is 2.81. The number of H-pyrrole nitrogens is 1. The van der Waals surface area contributed by atoms with Crippen LogP contribution in [0, 0.1) is 19.7 Å². The molecule has 0 spiro atoms. The number of fused-ring (bicyclic) bond motifs is 1. The van der Waals surface area contributed by atoms with Gasteiger partial charge in [-0.05, 0) is 55.3 Å². The normalized spacial score (nSPS) is 10.8. The Morgan fingerprint density at radius 3 is 2.47 bits per heavy atom. The number of methoxy groups -OCH3 is 1. The van der Waals surface area contributed by atoms with Crippen LogP contribution in [-0.2, 0) is 13.1 Å². The molecule has 0 saturated carbocycles. The van der Waals surface area contributed by atoms with E-state index in [4.69, 9.17) is 4.74 Å². The zero-order valence-corrected chi connectivity index (χ0v) is 19.3. The summed E-state index contributed by atoms with van der Waals surface area (Å²) in [7, 11) is 1.56. The number of aromatic amines is 1. The number of urea groups is 1. The van der Waals surface area contributed by atoms with E-state index in [0.29, 0.717) is 11.3 Å². The van der Waals surface area contributed by atoms with Crippen molar-refractivity contribution in [3.8, 4) is 5.75 Å². The third-order valence-electron chi connectivity index (χ3n) is 5.71. The van der Waals surface area contributed by atoms with Crippen LogP contribution in [0.5, 0.6) is 5.75 Å². The molecule has 0 atom stereocenters. The molecule has 0 aliphatic rings. The number of pyridine rings is 1. The van der Waals surface area contributed by atoms with Crippen molar-refractivity contribution in [1.82, 2.24) is 9.88 Å². The Morgan fingerprint density at radius 2 is 1.71 bits per heavy atom. The highest BCUT2D eigenvalue weighted by molar-refractivity contribution is 5.89. The van der Waals surface area contributed by atoms with E-state index in [1.807, 2.05) is 50.2 Å². The lowest BCUT2D eigenvalue weighted by molar-refractivity contribution is 0.205. The summed E-state index contributed by atoms with van der Waals surface area (Å²) >= 11 is 0. The summed E-state index contributed by atoms with van der Waals surface area (Å²) in [5, 5.41) is 3.53. The number of para-hydroxylation sites is 2. The molecule has 0 fully saturated rings. The second kappa shape index (κ2) is 9.79. The number of rotatable bonds is 6. The molecule has 1 aromatic heterocycles. The monoisotopic (exact) mass is 459 g/mol. The lowest BCUT2D eigenvalue weighted by Crippen LogP contribution is -2.36. The average molecular weight is 460 g/mol. The molecule has 0 saturated heterocycles. The SMILES string of the molecule is COc1ccccc1CN(Cc1cc2c(C)cc(C)cc2[nH]c1=O)C(=O)Nc1ccccc1F. The predicted octanol–water partition coefficient (Wildman–Crippen LogP) is 5.53. The molecule has 174 valence electrons. The second-order valence-electron chi connectivity index (χ2n) is 8.24. The first kappa shape index (κ1) is 23.0. The van der Waals surface area contributed by atoms with Gasteiger partial charge < -0.3 is 19.9 Å². The van der Waals surface area contributed by atoms with Crippen molar-refractivity contribution in [3.05, 3.63) is 105 Å². The number of carbonyl (C=O) groups is 1. The number of halogens is 1. The minimum absolute atomic E-state index is 0.0247. The molecule has 4 aromatic rings. The number of aromatic nitrogens is 1. The molecule has 0 aliphatic heterocycles. The van der Waals surface area contributed by atoms with Gasteiger partial charge >= 0.3 is 6.03 Å². The summed E-state index contributed by atoms with van der Waals surface area (Å²) in [6, 6.07) is 18.5. The Kier molecular flexibility index (Phi) is 6.63. The number of ether oxygens (including phenoxy) is 1. The zero-order chi connectivity index (χ0) is 24.2. The van der Waals surface area contributed by atoms with Crippen LogP contribution in [-0.4, -0.2) is 23.0 Å². The maximum absolute atomic E-state index is 14.2. The highest BCUT2D eigenvalue weighted by Crippen LogP contribution is 2.23. The maximum Gasteiger partial charge on any atom is 0.322 e. The summed E-state index contributed by atoms with van der Waals surface area (Å²) in [6.45, 7) is 4.14. The van der Waals surface area contributed by atoms with E-state index in [0.717, 1.165) is 27.6 Å². The number of aryl methyl sites for hydroxylation is 2. The van der Waals surface area contributed by atoms with E-state index < -0.39 is 11.8 Å². The van der Waals surface area contributed by atoms with Gasteiger partial charge in [-0.2, -0.15) is 0 Å². The lowest BCUT2D eigenvalue weighted by Gasteiger charge is -2.24. The van der Waals surface area contributed by atoms with Crippen molar-refractivity contribution in [2.75, 3.05) is 12.4 Å². The zero-order valence-electron chi connectivity index (χ0n) is 19.3. The van der Waals surface area contributed by atoms with E-state index >= 15 is 0 Å². The highest BCUT2D eigenvalue weighted by Gasteiger charge is 2.20. The molecular formula is C27H26FN3O3. The first-order valence-corrected chi connectivity index (χ1v) is 10.9. The molecule has 0 aliphatic carbocycles. The topological polar surface area (TPSA) is 74.4 Å². The molecular weight excluding hydrogens is 433 g/mol. The van der Waals surface area contributed by atoms with Gasteiger partial charge in [-0.25, -0.2) is 9.18 Å². The predicted molar refractivity (Wildman–Crippen MR) is 132 cm³/mol. The van der Waals surface area contributed by atoms with Crippen molar-refractivity contribution >= 4 is 22.6 Å². The van der Waals surface area contributed by atoms with Crippen molar-refractivity contribution in [1.29, 1.82) is 0 Å². The summed E-state index contributed by atoms with van der Waals surface area (Å²) in [4.78, 5) is 30.6. The van der Waals surface area contributed by atoms with E-state index in [-0.39, 0.29) is 24.3 Å².